The molecule has 0 aliphatic carbocycles. The van der Waals surface area contributed by atoms with E-state index in [1.54, 1.807) is 0 Å². The molecule has 0 rings (SSSR count). The molecule has 1 unspecified atom stereocenters. The van der Waals surface area contributed by atoms with Crippen molar-refractivity contribution >= 4 is 17.9 Å². The lowest BCUT2D eigenvalue weighted by Crippen LogP contribution is -2.30. The van der Waals surface area contributed by atoms with Crippen LogP contribution in [0.1, 0.15) is 361 Å². The zero-order valence-electron chi connectivity index (χ0n) is 53.3. The quantitative estimate of drug-likeness (QED) is 0.0261. The largest absolute Gasteiger partial charge is 0.462 e. The molecule has 0 amide bonds. The monoisotopic (exact) mass is 1120 g/mol. The molecule has 0 aromatic carbocycles. The molecule has 0 heterocycles. The van der Waals surface area contributed by atoms with Crippen LogP contribution >= 0.6 is 0 Å². The van der Waals surface area contributed by atoms with Gasteiger partial charge < -0.3 is 14.2 Å². The van der Waals surface area contributed by atoms with E-state index in [4.69, 9.17) is 14.2 Å². The van der Waals surface area contributed by atoms with Crippen LogP contribution < -0.4 is 0 Å². The predicted molar refractivity (Wildman–Crippen MR) is 348 cm³/mol. The van der Waals surface area contributed by atoms with Crippen LogP contribution in [0.15, 0.2) is 72.9 Å². The van der Waals surface area contributed by atoms with Crippen molar-refractivity contribution in [1.82, 2.24) is 0 Å². The van der Waals surface area contributed by atoms with E-state index in [1.165, 1.54) is 225 Å². The number of allylic oxidation sites excluding steroid dienone is 12. The van der Waals surface area contributed by atoms with Crippen molar-refractivity contribution in [2.75, 3.05) is 13.2 Å². The molecule has 0 radical (unpaired) electrons. The van der Waals surface area contributed by atoms with E-state index in [2.05, 4.69) is 93.7 Å². The average Bonchev–Trinajstić information content (AvgIpc) is 3.46. The number of carbonyl (C=O) groups excluding carboxylic acids is 3. The highest BCUT2D eigenvalue weighted by molar-refractivity contribution is 5.71. The first-order valence-corrected chi connectivity index (χ1v) is 34.9. The summed E-state index contributed by atoms with van der Waals surface area (Å²) in [5.74, 6) is -0.859. The summed E-state index contributed by atoms with van der Waals surface area (Å²) in [7, 11) is 0. The average molecular weight is 1120 g/mol. The number of rotatable bonds is 64. The Morgan fingerprint density at radius 3 is 0.762 bits per heavy atom. The summed E-state index contributed by atoms with van der Waals surface area (Å²) in [6.07, 6.45) is 89.7. The van der Waals surface area contributed by atoms with Crippen LogP contribution in [-0.2, 0) is 28.6 Å². The highest BCUT2D eigenvalue weighted by atomic mass is 16.6. The van der Waals surface area contributed by atoms with Gasteiger partial charge in [-0.05, 0) is 70.6 Å². The number of carbonyl (C=O) groups is 3. The van der Waals surface area contributed by atoms with E-state index in [9.17, 15) is 14.4 Å². The molecule has 0 bridgehead atoms. The lowest BCUT2D eigenvalue weighted by atomic mass is 10.0. The Bertz CT molecular complexity index is 1470. The molecule has 0 fully saturated rings. The number of unbranched alkanes of at least 4 members (excludes halogenated alkanes) is 41. The Labute approximate surface area is 497 Å². The fourth-order valence-corrected chi connectivity index (χ4v) is 10.3. The first-order chi connectivity index (χ1) is 39.5. The second-order valence-electron chi connectivity index (χ2n) is 23.4. The first-order valence-electron chi connectivity index (χ1n) is 34.9. The number of hydrogen-bond donors (Lipinski definition) is 0. The maximum Gasteiger partial charge on any atom is 0.306 e. The van der Waals surface area contributed by atoms with Crippen LogP contribution in [-0.4, -0.2) is 37.2 Å². The Morgan fingerprint density at radius 2 is 0.487 bits per heavy atom. The maximum absolute atomic E-state index is 12.9. The van der Waals surface area contributed by atoms with Gasteiger partial charge in [-0.2, -0.15) is 0 Å². The third-order valence-corrected chi connectivity index (χ3v) is 15.5. The van der Waals surface area contributed by atoms with Crippen molar-refractivity contribution in [3.63, 3.8) is 0 Å². The van der Waals surface area contributed by atoms with Crippen LogP contribution in [0.25, 0.3) is 0 Å². The van der Waals surface area contributed by atoms with Gasteiger partial charge in [-0.1, -0.05) is 344 Å². The van der Waals surface area contributed by atoms with Crippen LogP contribution in [0.5, 0.6) is 0 Å². The Morgan fingerprint density at radius 1 is 0.263 bits per heavy atom. The molecule has 6 nitrogen and oxygen atoms in total. The minimum absolute atomic E-state index is 0.0700. The van der Waals surface area contributed by atoms with Crippen LogP contribution in [0.4, 0.5) is 0 Å². The summed E-state index contributed by atoms with van der Waals surface area (Å²) in [5, 5.41) is 0. The van der Waals surface area contributed by atoms with E-state index in [0.29, 0.717) is 19.3 Å². The van der Waals surface area contributed by atoms with Crippen molar-refractivity contribution in [3.05, 3.63) is 72.9 Å². The van der Waals surface area contributed by atoms with E-state index in [0.717, 1.165) is 96.3 Å². The number of hydrogen-bond acceptors (Lipinski definition) is 6. The molecular formula is C74H132O6. The van der Waals surface area contributed by atoms with Crippen molar-refractivity contribution < 1.29 is 28.6 Å². The van der Waals surface area contributed by atoms with Gasteiger partial charge >= 0.3 is 17.9 Å². The molecule has 1 atom stereocenters. The summed E-state index contributed by atoms with van der Waals surface area (Å²) >= 11 is 0. The molecule has 0 aliphatic rings. The van der Waals surface area contributed by atoms with Gasteiger partial charge in [-0.25, -0.2) is 0 Å². The fraction of sp³-hybridized carbons (Fsp3) is 0.797. The second kappa shape index (κ2) is 68.3. The molecule has 0 N–H and O–H groups in total. The van der Waals surface area contributed by atoms with Gasteiger partial charge in [-0.15, -0.1) is 0 Å². The van der Waals surface area contributed by atoms with Gasteiger partial charge in [0, 0.05) is 19.3 Å². The number of esters is 3. The first kappa shape index (κ1) is 76.9. The van der Waals surface area contributed by atoms with Gasteiger partial charge in [0.1, 0.15) is 13.2 Å². The minimum atomic E-state index is -0.769. The van der Waals surface area contributed by atoms with E-state index < -0.39 is 6.10 Å². The Balaban J connectivity index is 3.99. The third kappa shape index (κ3) is 65.7. The van der Waals surface area contributed by atoms with Gasteiger partial charge in [0.25, 0.3) is 0 Å². The zero-order valence-corrected chi connectivity index (χ0v) is 53.3. The Kier molecular flexibility index (Phi) is 65.7. The molecule has 0 aromatic rings. The maximum atomic E-state index is 12.9. The molecule has 0 aromatic heterocycles. The SMILES string of the molecule is CC/C=C\C/C=C\C/C=C\C/C=C\C/C=C\C/C=C\CCCCCCCCCCCCCCCCC(=O)OCC(COC(=O)CCCCCCCC)OC(=O)CCCCCCCCCCCCCCCCCCCCCCCCC. The van der Waals surface area contributed by atoms with E-state index >= 15 is 0 Å². The fourth-order valence-electron chi connectivity index (χ4n) is 10.3. The molecule has 0 saturated heterocycles. The summed E-state index contributed by atoms with van der Waals surface area (Å²) in [6, 6.07) is 0. The molecular weight excluding hydrogens is 985 g/mol. The van der Waals surface area contributed by atoms with E-state index in [1.807, 2.05) is 0 Å². The van der Waals surface area contributed by atoms with Crippen LogP contribution in [0.2, 0.25) is 0 Å². The van der Waals surface area contributed by atoms with Crippen molar-refractivity contribution in [2.45, 2.75) is 367 Å². The zero-order chi connectivity index (χ0) is 57.8. The minimum Gasteiger partial charge on any atom is -0.462 e. The van der Waals surface area contributed by atoms with E-state index in [-0.39, 0.29) is 31.1 Å². The lowest BCUT2D eigenvalue weighted by molar-refractivity contribution is -0.167. The van der Waals surface area contributed by atoms with Crippen molar-refractivity contribution in [2.24, 2.45) is 0 Å². The molecule has 6 heteroatoms. The molecule has 464 valence electrons. The predicted octanol–water partition coefficient (Wildman–Crippen LogP) is 24.1. The van der Waals surface area contributed by atoms with Gasteiger partial charge in [0.05, 0.1) is 0 Å². The summed E-state index contributed by atoms with van der Waals surface area (Å²) < 4.78 is 16.9. The van der Waals surface area contributed by atoms with Gasteiger partial charge in [-0.3, -0.25) is 14.4 Å². The molecule has 80 heavy (non-hydrogen) atoms. The third-order valence-electron chi connectivity index (χ3n) is 15.5. The van der Waals surface area contributed by atoms with Crippen LogP contribution in [0, 0.1) is 0 Å². The normalized spacial score (nSPS) is 12.5. The highest BCUT2D eigenvalue weighted by Gasteiger charge is 2.19. The van der Waals surface area contributed by atoms with Crippen LogP contribution in [0.3, 0.4) is 0 Å². The van der Waals surface area contributed by atoms with Crippen molar-refractivity contribution in [3.8, 4) is 0 Å². The summed E-state index contributed by atoms with van der Waals surface area (Å²) in [5.41, 5.74) is 0. The lowest BCUT2D eigenvalue weighted by Gasteiger charge is -2.18. The standard InChI is InChI=1S/C74H132O6/c1-4-7-10-13-16-18-20-22-24-26-28-30-32-33-34-35-36-37-38-39-40-41-43-44-46-48-50-52-54-56-58-61-64-67-73(76)79-70-71(69-78-72(75)66-63-60-15-12-9-6-3)80-74(77)68-65-62-59-57-55-53-51-49-47-45-42-31-29-27-25-23-21-19-17-14-11-8-5-2/h7,10,16,18,22,24,28,30,33-34,36-37,71H,4-6,8-9,11-15,17,19-21,23,25-27,29,31-32,35,38-70H2,1-3H3/b10-7-,18-16-,24-22-,30-28-,34-33-,37-36-. The summed E-state index contributed by atoms with van der Waals surface area (Å²) in [6.45, 7) is 6.52. The topological polar surface area (TPSA) is 78.9 Å². The smallest absolute Gasteiger partial charge is 0.306 e. The van der Waals surface area contributed by atoms with Gasteiger partial charge in [0.2, 0.25) is 0 Å². The Hall–Kier alpha value is -3.15. The number of ether oxygens (including phenoxy) is 3. The molecule has 0 saturated carbocycles. The second-order valence-corrected chi connectivity index (χ2v) is 23.4. The molecule has 0 aliphatic heterocycles. The van der Waals surface area contributed by atoms with Gasteiger partial charge in [0.15, 0.2) is 6.10 Å². The highest BCUT2D eigenvalue weighted by Crippen LogP contribution is 2.18. The summed E-state index contributed by atoms with van der Waals surface area (Å²) in [4.78, 5) is 38.1. The van der Waals surface area contributed by atoms with Crippen molar-refractivity contribution in [1.29, 1.82) is 0 Å². The molecule has 0 spiro atoms.